The summed E-state index contributed by atoms with van der Waals surface area (Å²) >= 11 is 0. The fourth-order valence-electron chi connectivity index (χ4n) is 3.39. The summed E-state index contributed by atoms with van der Waals surface area (Å²) in [7, 11) is 0. The molecule has 0 aliphatic rings. The summed E-state index contributed by atoms with van der Waals surface area (Å²) in [5, 5.41) is 39.0. The van der Waals surface area contributed by atoms with Gasteiger partial charge in [0.05, 0.1) is 21.0 Å². The average Bonchev–Trinajstić information content (AvgIpc) is 2.84. The third kappa shape index (κ3) is 4.57. The maximum Gasteiger partial charge on any atom is 0.277 e. The maximum absolute atomic E-state index is 12.5. The van der Waals surface area contributed by atoms with Crippen LogP contribution in [0.15, 0.2) is 102 Å². The Labute approximate surface area is 187 Å². The van der Waals surface area contributed by atoms with Gasteiger partial charge in [0.25, 0.3) is 11.4 Å². The Kier molecular flexibility index (Phi) is 5.85. The molecule has 9 nitrogen and oxygen atoms in total. The molecule has 33 heavy (non-hydrogen) atoms. The second-order valence-electron chi connectivity index (χ2n) is 7.02. The first-order valence-electron chi connectivity index (χ1n) is 9.80. The van der Waals surface area contributed by atoms with Crippen molar-refractivity contribution in [1.29, 1.82) is 0 Å². The second-order valence-corrected chi connectivity index (χ2v) is 7.02. The number of rotatable bonds is 6. The van der Waals surface area contributed by atoms with Gasteiger partial charge in [-0.15, -0.1) is 0 Å². The van der Waals surface area contributed by atoms with Crippen molar-refractivity contribution in [2.24, 2.45) is 5.11 Å². The fourth-order valence-corrected chi connectivity index (χ4v) is 3.39. The molecule has 4 aromatic rings. The highest BCUT2D eigenvalue weighted by Crippen LogP contribution is 2.32. The summed E-state index contributed by atoms with van der Waals surface area (Å²) in [6.45, 7) is 0. The third-order valence-corrected chi connectivity index (χ3v) is 4.99. The van der Waals surface area contributed by atoms with E-state index in [1.54, 1.807) is 72.8 Å². The van der Waals surface area contributed by atoms with Crippen molar-refractivity contribution < 1.29 is 14.7 Å². The molecule has 4 rings (SSSR count). The van der Waals surface area contributed by atoms with Gasteiger partial charge in [0.15, 0.2) is 0 Å². The molecule has 0 unspecified atom stereocenters. The van der Waals surface area contributed by atoms with Crippen LogP contribution in [0.2, 0.25) is 0 Å². The van der Waals surface area contributed by atoms with Crippen LogP contribution in [0.4, 0.5) is 22.7 Å². The molecule has 0 aliphatic heterocycles. The van der Waals surface area contributed by atoms with Crippen LogP contribution in [0.1, 0.15) is 0 Å². The number of nitro groups is 2. The van der Waals surface area contributed by atoms with Crippen molar-refractivity contribution in [3.8, 4) is 22.3 Å². The van der Waals surface area contributed by atoms with Crippen LogP contribution in [-0.4, -0.2) is 14.7 Å². The molecular formula is C24H16N4O5. The van der Waals surface area contributed by atoms with Crippen molar-refractivity contribution in [1.82, 2.24) is 0 Å². The maximum atomic E-state index is 12.5. The van der Waals surface area contributed by atoms with Crippen LogP contribution in [0.3, 0.4) is 0 Å². The highest BCUT2D eigenvalue weighted by Gasteiger charge is 2.16. The fraction of sp³-hybridized carbons (Fsp3) is 0. The number of nitrogens with zero attached hydrogens (tertiary/aromatic N) is 4. The number of para-hydroxylation sites is 2. The largest absolute Gasteiger partial charge is 0.594 e. The van der Waals surface area contributed by atoms with Crippen molar-refractivity contribution in [2.45, 2.75) is 0 Å². The van der Waals surface area contributed by atoms with Crippen LogP contribution in [0.25, 0.3) is 22.3 Å². The zero-order chi connectivity index (χ0) is 23.4. The molecule has 0 aliphatic carbocycles. The number of nitro benzene ring substituents is 2. The number of hydrogen-bond donors (Lipinski definition) is 0. The van der Waals surface area contributed by atoms with E-state index in [9.17, 15) is 25.4 Å². The van der Waals surface area contributed by atoms with E-state index in [4.69, 9.17) is 0 Å². The highest BCUT2D eigenvalue weighted by atomic mass is 16.6. The van der Waals surface area contributed by atoms with Crippen LogP contribution in [0, 0.1) is 25.4 Å². The van der Waals surface area contributed by atoms with E-state index in [2.05, 4.69) is 5.11 Å². The zero-order valence-electron chi connectivity index (χ0n) is 17.1. The number of azo groups is 1. The predicted molar refractivity (Wildman–Crippen MR) is 122 cm³/mol. The van der Waals surface area contributed by atoms with E-state index < -0.39 is 9.85 Å². The third-order valence-electron chi connectivity index (χ3n) is 4.99. The summed E-state index contributed by atoms with van der Waals surface area (Å²) in [5.74, 6) is 0. The molecule has 0 saturated carbocycles. The lowest BCUT2D eigenvalue weighted by Gasteiger charge is -2.05. The first-order chi connectivity index (χ1) is 15.9. The van der Waals surface area contributed by atoms with Crippen molar-refractivity contribution in [3.63, 3.8) is 0 Å². The van der Waals surface area contributed by atoms with Gasteiger partial charge in [-0.25, -0.2) is 0 Å². The lowest BCUT2D eigenvalue weighted by molar-refractivity contribution is -0.435. The van der Waals surface area contributed by atoms with Crippen LogP contribution >= 0.6 is 0 Å². The Morgan fingerprint density at radius 1 is 0.545 bits per heavy atom. The highest BCUT2D eigenvalue weighted by molar-refractivity contribution is 5.75. The first kappa shape index (κ1) is 21.3. The van der Waals surface area contributed by atoms with Gasteiger partial charge in [0.1, 0.15) is 5.69 Å². The standard InChI is InChI=1S/C24H16N4O5/c29-26(20-15-11-18(12-16-20)22-6-2-4-8-24(22)28(32)33)25-19-13-9-17(10-14-19)21-5-1-3-7-23(21)27(30)31/h1-16H. The number of benzene rings is 4. The lowest BCUT2D eigenvalue weighted by atomic mass is 10.0. The normalized spacial score (nSPS) is 11.2. The number of hydrogen-bond acceptors (Lipinski definition) is 6. The van der Waals surface area contributed by atoms with Gasteiger partial charge < -0.3 is 5.21 Å². The van der Waals surface area contributed by atoms with Gasteiger partial charge in [-0.05, 0) is 47.5 Å². The van der Waals surface area contributed by atoms with Crippen LogP contribution < -0.4 is 0 Å². The smallest absolute Gasteiger partial charge is 0.277 e. The molecule has 0 spiro atoms. The molecule has 0 radical (unpaired) electrons. The quantitative estimate of drug-likeness (QED) is 0.142. The van der Waals surface area contributed by atoms with Gasteiger partial charge >= 0.3 is 0 Å². The van der Waals surface area contributed by atoms with E-state index in [1.165, 1.54) is 24.3 Å². The molecule has 0 bridgehead atoms. The second kappa shape index (κ2) is 9.06. The van der Waals surface area contributed by atoms with Gasteiger partial charge in [0.2, 0.25) is 5.69 Å². The van der Waals surface area contributed by atoms with E-state index in [-0.39, 0.29) is 17.1 Å². The zero-order valence-corrected chi connectivity index (χ0v) is 17.1. The minimum atomic E-state index is -0.452. The van der Waals surface area contributed by atoms with E-state index in [1.807, 2.05) is 0 Å². The van der Waals surface area contributed by atoms with Crippen LogP contribution in [-0.2, 0) is 0 Å². The van der Waals surface area contributed by atoms with E-state index >= 15 is 0 Å². The minimum absolute atomic E-state index is 0.00798. The predicted octanol–water partition coefficient (Wildman–Crippen LogP) is 6.76. The van der Waals surface area contributed by atoms with E-state index in [0.29, 0.717) is 32.8 Å². The Bertz CT molecular complexity index is 1370. The molecule has 0 atom stereocenters. The minimum Gasteiger partial charge on any atom is -0.594 e. The summed E-state index contributed by atoms with van der Waals surface area (Å²) in [5.41, 5.74) is 2.75. The van der Waals surface area contributed by atoms with Gasteiger partial charge in [-0.1, -0.05) is 41.3 Å². The molecule has 0 saturated heterocycles. The van der Waals surface area contributed by atoms with Crippen molar-refractivity contribution in [3.05, 3.63) is 122 Å². The molecule has 162 valence electrons. The molecule has 4 aromatic carbocycles. The molecule has 9 heteroatoms. The van der Waals surface area contributed by atoms with Gasteiger partial charge in [-0.2, -0.15) is 0 Å². The van der Waals surface area contributed by atoms with Gasteiger partial charge in [0, 0.05) is 29.4 Å². The molecule has 0 fully saturated rings. The topological polar surface area (TPSA) is 125 Å². The Morgan fingerprint density at radius 3 is 1.42 bits per heavy atom. The Morgan fingerprint density at radius 2 is 0.970 bits per heavy atom. The molecule has 0 heterocycles. The monoisotopic (exact) mass is 440 g/mol. The molecule has 0 N–H and O–H groups in total. The summed E-state index contributed by atoms with van der Waals surface area (Å²) in [6, 6.07) is 25.6. The molecular weight excluding hydrogens is 424 g/mol. The lowest BCUT2D eigenvalue weighted by Crippen LogP contribution is -1.93. The van der Waals surface area contributed by atoms with Crippen molar-refractivity contribution in [2.75, 3.05) is 0 Å². The van der Waals surface area contributed by atoms with Gasteiger partial charge in [-0.3, -0.25) is 20.2 Å². The Balaban J connectivity index is 1.57. The molecule has 0 aromatic heterocycles. The first-order valence-corrected chi connectivity index (χ1v) is 9.80. The average molecular weight is 440 g/mol. The van der Waals surface area contributed by atoms with Crippen LogP contribution in [0.5, 0.6) is 0 Å². The summed E-state index contributed by atoms with van der Waals surface area (Å²) < 4.78 is 0. The Hall–Kier alpha value is -4.92. The molecule has 0 amide bonds. The summed E-state index contributed by atoms with van der Waals surface area (Å²) in [4.78, 5) is 22.0. The van der Waals surface area contributed by atoms with E-state index in [0.717, 1.165) is 0 Å². The SMILES string of the molecule is O=[N+]([O-])c1ccccc1-c1ccc(N=[N+]([O-])c2ccc(-c3ccccc3[N+](=O)[O-])cc2)cc1. The summed E-state index contributed by atoms with van der Waals surface area (Å²) in [6.07, 6.45) is 0. The van der Waals surface area contributed by atoms with Crippen molar-refractivity contribution >= 4 is 22.7 Å².